The Bertz CT molecular complexity index is 947. The summed E-state index contributed by atoms with van der Waals surface area (Å²) in [4.78, 5) is 0. The Kier molecular flexibility index (Phi) is 7.10. The van der Waals surface area contributed by atoms with E-state index in [2.05, 4.69) is 6.58 Å². The molecule has 0 amide bonds. The molecule has 0 aliphatic heterocycles. The van der Waals surface area contributed by atoms with Gasteiger partial charge in [0.25, 0.3) is 0 Å². The van der Waals surface area contributed by atoms with Crippen molar-refractivity contribution in [2.45, 2.75) is 19.2 Å². The number of aliphatic hydroxyl groups excluding tert-OH is 1. The maximum atomic E-state index is 10.4. The Morgan fingerprint density at radius 2 is 1.67 bits per heavy atom. The molecule has 0 fully saturated rings. The fourth-order valence-electron chi connectivity index (χ4n) is 2.92. The zero-order chi connectivity index (χ0) is 18.5. The molecule has 0 aliphatic carbocycles. The van der Waals surface area contributed by atoms with Gasteiger partial charge in [-0.3, -0.25) is 5.41 Å². The summed E-state index contributed by atoms with van der Waals surface area (Å²) in [7, 11) is 1.61. The fourth-order valence-corrected chi connectivity index (χ4v) is 2.92. The molecule has 0 bridgehead atoms. The lowest BCUT2D eigenvalue weighted by molar-refractivity contribution is -0.00000783. The smallest absolute Gasteiger partial charge is 0.203 e. The number of benzene rings is 2. The van der Waals surface area contributed by atoms with Crippen LogP contribution in [0, 0.1) is 5.41 Å². The number of aromatic nitrogens is 2. The van der Waals surface area contributed by atoms with Crippen LogP contribution in [0.15, 0.2) is 61.2 Å². The third-order valence-corrected chi connectivity index (χ3v) is 4.18. The number of para-hydroxylation sites is 2. The van der Waals surface area contributed by atoms with E-state index >= 15 is 0 Å². The number of allylic oxidation sites excluding steroid dienone is 1. The molecule has 6 nitrogen and oxygen atoms in total. The van der Waals surface area contributed by atoms with Gasteiger partial charge in [0, 0.05) is 6.54 Å². The minimum absolute atomic E-state index is 0. The zero-order valence-corrected chi connectivity index (χ0v) is 15.9. The summed E-state index contributed by atoms with van der Waals surface area (Å²) < 4.78 is 14.4. The number of nitrogens with zero attached hydrogens (tertiary/aromatic N) is 2. The molecule has 0 saturated heterocycles. The van der Waals surface area contributed by atoms with E-state index in [4.69, 9.17) is 14.9 Å². The Hall–Kier alpha value is -2.70. The molecule has 3 rings (SSSR count). The lowest BCUT2D eigenvalue weighted by Crippen LogP contribution is -3.00. The summed E-state index contributed by atoms with van der Waals surface area (Å²) in [5.41, 5.74) is 2.18. The second kappa shape index (κ2) is 9.30. The van der Waals surface area contributed by atoms with Crippen LogP contribution < -0.4 is 27.5 Å². The summed E-state index contributed by atoms with van der Waals surface area (Å²) in [5.74, 6) is 1.41. The first-order valence-electron chi connectivity index (χ1n) is 8.42. The van der Waals surface area contributed by atoms with Crippen LogP contribution in [0.2, 0.25) is 0 Å². The van der Waals surface area contributed by atoms with Crippen molar-refractivity contribution in [2.24, 2.45) is 0 Å². The second-order valence-corrected chi connectivity index (χ2v) is 5.96. The maximum absolute atomic E-state index is 10.4. The number of hydrogen-bond acceptors (Lipinski definition) is 4. The number of ether oxygens (including phenoxy) is 2. The van der Waals surface area contributed by atoms with Gasteiger partial charge in [0.15, 0.2) is 0 Å². The van der Waals surface area contributed by atoms with E-state index in [-0.39, 0.29) is 25.6 Å². The molecular formula is C20H23ClN3O3-. The highest BCUT2D eigenvalue weighted by Crippen LogP contribution is 2.17. The molecule has 0 aliphatic rings. The fraction of sp³-hybridized carbons (Fsp3) is 0.250. The predicted molar refractivity (Wildman–Crippen MR) is 100 cm³/mol. The van der Waals surface area contributed by atoms with Crippen LogP contribution in [-0.2, 0) is 13.1 Å². The van der Waals surface area contributed by atoms with E-state index in [1.807, 2.05) is 28.8 Å². The Morgan fingerprint density at radius 3 is 2.26 bits per heavy atom. The summed E-state index contributed by atoms with van der Waals surface area (Å²) >= 11 is 0. The lowest BCUT2D eigenvalue weighted by atomic mass is 10.3. The molecule has 1 atom stereocenters. The van der Waals surface area contributed by atoms with Crippen molar-refractivity contribution in [2.75, 3.05) is 13.7 Å². The molecule has 3 aromatic rings. The first-order chi connectivity index (χ1) is 12.6. The van der Waals surface area contributed by atoms with Gasteiger partial charge in [0.2, 0.25) is 5.62 Å². The van der Waals surface area contributed by atoms with E-state index in [1.165, 1.54) is 0 Å². The van der Waals surface area contributed by atoms with Crippen LogP contribution in [0.25, 0.3) is 11.0 Å². The van der Waals surface area contributed by atoms with Gasteiger partial charge in [-0.25, -0.2) is 0 Å². The molecule has 7 heteroatoms. The number of methoxy groups -OCH3 is 1. The van der Waals surface area contributed by atoms with Crippen molar-refractivity contribution in [1.29, 1.82) is 5.41 Å². The van der Waals surface area contributed by atoms with E-state index < -0.39 is 6.10 Å². The van der Waals surface area contributed by atoms with Gasteiger partial charge in [0.05, 0.1) is 24.7 Å². The third kappa shape index (κ3) is 4.53. The number of nitrogens with one attached hydrogen (secondary N) is 1. The lowest BCUT2D eigenvalue weighted by Gasteiger charge is -2.14. The molecular weight excluding hydrogens is 366 g/mol. The molecule has 1 heterocycles. The minimum Gasteiger partial charge on any atom is -1.00 e. The molecule has 144 valence electrons. The summed E-state index contributed by atoms with van der Waals surface area (Å²) in [6.07, 6.45) is 1.02. The number of hydrogen-bond donors (Lipinski definition) is 2. The molecule has 27 heavy (non-hydrogen) atoms. The highest BCUT2D eigenvalue weighted by atomic mass is 35.5. The number of imidazole rings is 1. The maximum Gasteiger partial charge on any atom is 0.203 e. The van der Waals surface area contributed by atoms with E-state index in [0.717, 1.165) is 16.8 Å². The van der Waals surface area contributed by atoms with Gasteiger partial charge in [-0.2, -0.15) is 0 Å². The molecule has 2 N–H and O–H groups in total. The topological polar surface area (TPSA) is 72.4 Å². The Balaban J connectivity index is 0.00000261. The Morgan fingerprint density at radius 1 is 1.07 bits per heavy atom. The number of aliphatic hydroxyl groups is 1. The van der Waals surface area contributed by atoms with Gasteiger partial charge >= 0.3 is 0 Å². The van der Waals surface area contributed by atoms with Crippen molar-refractivity contribution in [1.82, 2.24) is 9.13 Å². The highest BCUT2D eigenvalue weighted by Gasteiger charge is 2.14. The number of rotatable bonds is 8. The van der Waals surface area contributed by atoms with Crippen LogP contribution in [0.1, 0.15) is 0 Å². The van der Waals surface area contributed by atoms with Crippen molar-refractivity contribution in [3.63, 3.8) is 0 Å². The van der Waals surface area contributed by atoms with Crippen molar-refractivity contribution in [3.8, 4) is 11.5 Å². The molecule has 0 radical (unpaired) electrons. The average molecular weight is 389 g/mol. The predicted octanol–water partition coefficient (Wildman–Crippen LogP) is -0.439. The van der Waals surface area contributed by atoms with Gasteiger partial charge in [-0.05, 0) is 36.4 Å². The molecule has 1 aromatic heterocycles. The van der Waals surface area contributed by atoms with E-state index in [9.17, 15) is 5.11 Å². The van der Waals surface area contributed by atoms with E-state index in [1.54, 1.807) is 42.0 Å². The number of halogens is 1. The van der Waals surface area contributed by atoms with Gasteiger partial charge in [-0.15, -0.1) is 6.58 Å². The zero-order valence-electron chi connectivity index (χ0n) is 15.1. The largest absolute Gasteiger partial charge is 1.00 e. The van der Waals surface area contributed by atoms with Gasteiger partial charge in [0.1, 0.15) is 24.2 Å². The van der Waals surface area contributed by atoms with Crippen LogP contribution in [0.3, 0.4) is 0 Å². The van der Waals surface area contributed by atoms with Gasteiger partial charge < -0.3 is 36.1 Å². The molecule has 0 saturated carbocycles. The summed E-state index contributed by atoms with van der Waals surface area (Å²) in [5, 5.41) is 18.8. The van der Waals surface area contributed by atoms with Crippen molar-refractivity contribution in [3.05, 3.63) is 66.8 Å². The van der Waals surface area contributed by atoms with Crippen LogP contribution >= 0.6 is 0 Å². The standard InChI is InChI=1S/C20H23N3O3.ClH/c1-3-12-22-18-6-4-5-7-19(18)23(20(22)21)13-15(24)14-26-17-10-8-16(25-2)9-11-17;/h3-11,15,21,24H,1,12-14H2,2H3;1H/p-1. The van der Waals surface area contributed by atoms with Crippen LogP contribution in [-0.4, -0.2) is 34.1 Å². The first-order valence-corrected chi connectivity index (χ1v) is 8.42. The molecule has 1 unspecified atom stereocenters. The van der Waals surface area contributed by atoms with Crippen molar-refractivity contribution >= 4 is 11.0 Å². The first kappa shape index (κ1) is 20.6. The Labute approximate surface area is 164 Å². The van der Waals surface area contributed by atoms with Crippen LogP contribution in [0.4, 0.5) is 0 Å². The van der Waals surface area contributed by atoms with Crippen LogP contribution in [0.5, 0.6) is 11.5 Å². The highest BCUT2D eigenvalue weighted by molar-refractivity contribution is 5.75. The summed E-state index contributed by atoms with van der Waals surface area (Å²) in [6, 6.07) is 15.0. The SMILES string of the molecule is C=CCn1c(=N)n(CC(O)COc2ccc(OC)cc2)c2ccccc21.[Cl-]. The average Bonchev–Trinajstić information content (AvgIpc) is 2.93. The second-order valence-electron chi connectivity index (χ2n) is 5.96. The molecule has 0 spiro atoms. The minimum atomic E-state index is -0.741. The monoisotopic (exact) mass is 388 g/mol. The quantitative estimate of drug-likeness (QED) is 0.514. The van der Waals surface area contributed by atoms with Crippen molar-refractivity contribution < 1.29 is 27.0 Å². The molecule has 2 aromatic carbocycles. The normalized spacial score (nSPS) is 11.6. The van der Waals surface area contributed by atoms with Gasteiger partial charge in [-0.1, -0.05) is 18.2 Å². The van der Waals surface area contributed by atoms with E-state index in [0.29, 0.717) is 17.9 Å². The number of fused-ring (bicyclic) bond motifs is 1. The summed E-state index contributed by atoms with van der Waals surface area (Å²) in [6.45, 7) is 4.72. The third-order valence-electron chi connectivity index (χ3n) is 4.18.